The number of Topliss-reactive ketones (excluding diaryl/α,β-unsaturated/α-hetero) is 1. The lowest BCUT2D eigenvalue weighted by Crippen LogP contribution is -2.53. The van der Waals surface area contributed by atoms with Crippen LogP contribution in [0.5, 0.6) is 0 Å². The first-order valence-corrected chi connectivity index (χ1v) is 11.0. The van der Waals surface area contributed by atoms with E-state index in [0.717, 1.165) is 0 Å². The lowest BCUT2D eigenvalue weighted by molar-refractivity contribution is -0.138. The highest BCUT2D eigenvalue weighted by atomic mass is 79.9. The van der Waals surface area contributed by atoms with Crippen molar-refractivity contribution in [3.63, 3.8) is 0 Å². The Balaban J connectivity index is 1.93. The molecular formula is C24H20BrN3O4. The predicted molar refractivity (Wildman–Crippen MR) is 122 cm³/mol. The number of ether oxygens (including phenoxy) is 1. The Labute approximate surface area is 193 Å². The molecule has 0 saturated heterocycles. The average molecular weight is 494 g/mol. The van der Waals surface area contributed by atoms with E-state index in [1.807, 2.05) is 30.3 Å². The van der Waals surface area contributed by atoms with Gasteiger partial charge in [-0.3, -0.25) is 14.5 Å². The second-order valence-corrected chi connectivity index (χ2v) is 8.83. The molecule has 0 aromatic heterocycles. The Morgan fingerprint density at radius 3 is 2.62 bits per heavy atom. The minimum absolute atomic E-state index is 0.0489. The normalized spacial score (nSPS) is 22.1. The van der Waals surface area contributed by atoms with Gasteiger partial charge in [-0.15, -0.1) is 0 Å². The fraction of sp³-hybridized carbons (Fsp3) is 0.208. The van der Waals surface area contributed by atoms with Crippen molar-refractivity contribution in [2.75, 3.05) is 17.3 Å². The van der Waals surface area contributed by atoms with Crippen molar-refractivity contribution in [3.05, 3.63) is 81.2 Å². The zero-order valence-corrected chi connectivity index (χ0v) is 18.9. The van der Waals surface area contributed by atoms with Crippen LogP contribution in [0.1, 0.15) is 24.8 Å². The summed E-state index contributed by atoms with van der Waals surface area (Å²) >= 11 is 3.46. The van der Waals surface area contributed by atoms with Crippen LogP contribution in [-0.4, -0.2) is 24.8 Å². The van der Waals surface area contributed by atoms with Crippen molar-refractivity contribution in [3.8, 4) is 0 Å². The van der Waals surface area contributed by atoms with Gasteiger partial charge in [0.05, 0.1) is 7.11 Å². The molecule has 2 aliphatic heterocycles. The Morgan fingerprint density at radius 1 is 1.16 bits per heavy atom. The topological polar surface area (TPSA) is 102 Å². The first kappa shape index (κ1) is 20.5. The number of nitrogens with two attached hydrogens (primary N) is 1. The smallest absolute Gasteiger partial charge is 0.339 e. The van der Waals surface area contributed by atoms with Gasteiger partial charge in [0.25, 0.3) is 0 Å². The number of benzene rings is 2. The molecule has 0 bridgehead atoms. The summed E-state index contributed by atoms with van der Waals surface area (Å²) in [7, 11) is 1.24. The Bertz CT molecular complexity index is 1250. The number of anilines is 2. The minimum atomic E-state index is -1.67. The maximum absolute atomic E-state index is 13.7. The van der Waals surface area contributed by atoms with Crippen molar-refractivity contribution < 1.29 is 19.1 Å². The molecule has 5 rings (SSSR count). The molecule has 1 amide bonds. The third kappa shape index (κ3) is 2.62. The maximum atomic E-state index is 13.7. The number of amides is 1. The fourth-order valence-corrected chi connectivity index (χ4v) is 5.41. The second-order valence-electron chi connectivity index (χ2n) is 7.92. The van der Waals surface area contributed by atoms with E-state index in [1.165, 1.54) is 7.11 Å². The fourth-order valence-electron chi connectivity index (χ4n) is 5.05. The number of para-hydroxylation sites is 1. The highest BCUT2D eigenvalue weighted by molar-refractivity contribution is 9.10. The molecule has 1 spiro atoms. The molecule has 2 aromatic carbocycles. The van der Waals surface area contributed by atoms with Crippen LogP contribution in [0.15, 0.2) is 75.7 Å². The number of ketones is 1. The van der Waals surface area contributed by atoms with Gasteiger partial charge in [0.1, 0.15) is 16.8 Å². The largest absolute Gasteiger partial charge is 0.466 e. The molecule has 8 heteroatoms. The van der Waals surface area contributed by atoms with E-state index in [9.17, 15) is 14.4 Å². The average Bonchev–Trinajstić information content (AvgIpc) is 3.06. The first-order chi connectivity index (χ1) is 15.4. The number of halogens is 1. The van der Waals surface area contributed by atoms with Crippen LogP contribution < -0.4 is 16.0 Å². The number of rotatable bonds is 2. The van der Waals surface area contributed by atoms with Crippen LogP contribution in [0.3, 0.4) is 0 Å². The SMILES string of the molecule is COC(=O)C1=C(N)N(c2ccccc2)C2=C(C(=O)CCC2)C12C(=O)Nc1ccc(Br)cc12. The summed E-state index contributed by atoms with van der Waals surface area (Å²) in [6.45, 7) is 0. The number of nitrogens with zero attached hydrogens (tertiary/aromatic N) is 1. The predicted octanol–water partition coefficient (Wildman–Crippen LogP) is 3.51. The molecule has 2 aromatic rings. The van der Waals surface area contributed by atoms with E-state index < -0.39 is 17.3 Å². The van der Waals surface area contributed by atoms with Crippen molar-refractivity contribution in [1.82, 2.24) is 0 Å². The van der Waals surface area contributed by atoms with Crippen LogP contribution in [0.2, 0.25) is 0 Å². The summed E-state index contributed by atoms with van der Waals surface area (Å²) in [5.74, 6) is -1.33. The van der Waals surface area contributed by atoms with Gasteiger partial charge in [0.2, 0.25) is 5.91 Å². The highest BCUT2D eigenvalue weighted by Crippen LogP contribution is 2.55. The number of fused-ring (bicyclic) bond motifs is 3. The Morgan fingerprint density at radius 2 is 1.91 bits per heavy atom. The minimum Gasteiger partial charge on any atom is -0.466 e. The second kappa shape index (κ2) is 7.34. The molecular weight excluding hydrogens is 474 g/mol. The lowest BCUT2D eigenvalue weighted by atomic mass is 9.63. The molecule has 1 aliphatic carbocycles. The van der Waals surface area contributed by atoms with Crippen molar-refractivity contribution in [1.29, 1.82) is 0 Å². The molecule has 1 atom stereocenters. The van der Waals surface area contributed by atoms with Crippen LogP contribution in [0.25, 0.3) is 0 Å². The van der Waals surface area contributed by atoms with Crippen LogP contribution in [0, 0.1) is 0 Å². The molecule has 0 saturated carbocycles. The quantitative estimate of drug-likeness (QED) is 0.620. The van der Waals surface area contributed by atoms with Crippen molar-refractivity contribution in [2.24, 2.45) is 5.73 Å². The molecule has 1 unspecified atom stereocenters. The molecule has 0 radical (unpaired) electrons. The lowest BCUT2D eigenvalue weighted by Gasteiger charge is -2.44. The maximum Gasteiger partial charge on any atom is 0.339 e. The standard InChI is InChI=1S/C24H20BrN3O4/c1-32-22(30)20-21(26)28(14-6-3-2-4-7-14)17-8-5-9-18(29)19(17)24(20)15-12-13(25)10-11-16(15)27-23(24)31/h2-4,6-7,10-12H,5,8-9,26H2,1H3,(H,27,31). The van der Waals surface area contributed by atoms with E-state index in [0.29, 0.717) is 39.9 Å². The summed E-state index contributed by atoms with van der Waals surface area (Å²) in [5, 5.41) is 2.86. The van der Waals surface area contributed by atoms with Gasteiger partial charge >= 0.3 is 5.97 Å². The number of methoxy groups -OCH3 is 1. The van der Waals surface area contributed by atoms with E-state index in [2.05, 4.69) is 21.2 Å². The number of nitrogens with one attached hydrogen (secondary N) is 1. The molecule has 3 aliphatic rings. The Kier molecular flexibility index (Phi) is 4.70. The molecule has 32 heavy (non-hydrogen) atoms. The molecule has 0 fully saturated rings. The number of hydrogen-bond acceptors (Lipinski definition) is 6. The van der Waals surface area contributed by atoms with Crippen LogP contribution in [0.4, 0.5) is 11.4 Å². The van der Waals surface area contributed by atoms with Gasteiger partial charge in [-0.05, 0) is 43.2 Å². The third-order valence-corrected chi connectivity index (χ3v) is 6.77. The summed E-state index contributed by atoms with van der Waals surface area (Å²) in [5.41, 5.74) is 7.62. The van der Waals surface area contributed by atoms with Gasteiger partial charge < -0.3 is 15.8 Å². The Hall–Kier alpha value is -3.39. The summed E-state index contributed by atoms with van der Waals surface area (Å²) < 4.78 is 5.82. The number of carbonyl (C=O) groups excluding carboxylic acids is 3. The summed E-state index contributed by atoms with van der Waals surface area (Å²) in [6, 6.07) is 14.6. The zero-order chi connectivity index (χ0) is 22.6. The monoisotopic (exact) mass is 493 g/mol. The molecule has 7 nitrogen and oxygen atoms in total. The van der Waals surface area contributed by atoms with E-state index in [1.54, 1.807) is 23.1 Å². The van der Waals surface area contributed by atoms with Gasteiger partial charge in [0.15, 0.2) is 5.78 Å². The number of hydrogen-bond donors (Lipinski definition) is 2. The van der Waals surface area contributed by atoms with E-state index >= 15 is 0 Å². The molecule has 2 heterocycles. The van der Waals surface area contributed by atoms with Gasteiger partial charge in [0, 0.05) is 39.1 Å². The number of allylic oxidation sites excluding steroid dienone is 1. The van der Waals surface area contributed by atoms with Gasteiger partial charge in [-0.2, -0.15) is 0 Å². The molecule has 3 N–H and O–H groups in total. The van der Waals surface area contributed by atoms with Crippen LogP contribution >= 0.6 is 15.9 Å². The van der Waals surface area contributed by atoms with E-state index in [4.69, 9.17) is 10.5 Å². The van der Waals surface area contributed by atoms with E-state index in [-0.39, 0.29) is 29.2 Å². The number of carbonyl (C=O) groups is 3. The highest BCUT2D eigenvalue weighted by Gasteiger charge is 2.61. The summed E-state index contributed by atoms with van der Waals surface area (Å²) in [6.07, 6.45) is 1.46. The van der Waals surface area contributed by atoms with Crippen molar-refractivity contribution >= 4 is 45.0 Å². The zero-order valence-electron chi connectivity index (χ0n) is 17.3. The van der Waals surface area contributed by atoms with Crippen molar-refractivity contribution in [2.45, 2.75) is 24.7 Å². The third-order valence-electron chi connectivity index (χ3n) is 6.28. The van der Waals surface area contributed by atoms with Gasteiger partial charge in [-0.25, -0.2) is 4.79 Å². The van der Waals surface area contributed by atoms with Crippen LogP contribution in [-0.2, 0) is 24.5 Å². The van der Waals surface area contributed by atoms with Gasteiger partial charge in [-0.1, -0.05) is 34.1 Å². The summed E-state index contributed by atoms with van der Waals surface area (Å²) in [4.78, 5) is 42.1. The number of esters is 1. The molecule has 162 valence electrons. The first-order valence-electron chi connectivity index (χ1n) is 10.2.